The Morgan fingerprint density at radius 1 is 1.21 bits per heavy atom. The summed E-state index contributed by atoms with van der Waals surface area (Å²) in [6.07, 6.45) is 5.20. The van der Waals surface area contributed by atoms with Crippen LogP contribution >= 0.6 is 0 Å². The minimum absolute atomic E-state index is 0.227. The molecule has 1 saturated heterocycles. The minimum Gasteiger partial charge on any atom is -0.298 e. The molecule has 1 rings (SSSR count). The Morgan fingerprint density at radius 3 is 1.68 bits per heavy atom. The second kappa shape index (κ2) is 26.0. The summed E-state index contributed by atoms with van der Waals surface area (Å²) in [7, 11) is 2.01. The van der Waals surface area contributed by atoms with Crippen LogP contribution in [0.2, 0.25) is 0 Å². The molecule has 0 aromatic rings. The third-order valence-corrected chi connectivity index (χ3v) is 2.28. The standard InChI is InChI=1S/C7H13NO.C4H8.3C2H6/c1-6(9)7-4-3-5-8(7)2;1-3-4-2;3*1-2/h7H,3-5H2,1-2H3;3H,1,4H2,2H3;3*1-2H3. The molecule has 1 unspecified atom stereocenters. The molecule has 1 atom stereocenters. The van der Waals surface area contributed by atoms with Crippen LogP contribution in [0.25, 0.3) is 0 Å². The molecule has 0 aromatic heterocycles. The Kier molecular flexibility index (Phi) is 36.8. The Labute approximate surface area is 123 Å². The number of allylic oxidation sites excluding steroid dienone is 1. The molecule has 0 radical (unpaired) electrons. The predicted octanol–water partition coefficient (Wildman–Crippen LogP) is 5.33. The summed E-state index contributed by atoms with van der Waals surface area (Å²) in [4.78, 5) is 12.9. The van der Waals surface area contributed by atoms with Gasteiger partial charge in [0, 0.05) is 0 Å². The van der Waals surface area contributed by atoms with E-state index in [1.54, 1.807) is 6.92 Å². The van der Waals surface area contributed by atoms with Gasteiger partial charge in [-0.3, -0.25) is 9.69 Å². The average molecular weight is 274 g/mol. The topological polar surface area (TPSA) is 20.3 Å². The van der Waals surface area contributed by atoms with Gasteiger partial charge in [0.1, 0.15) is 5.78 Å². The van der Waals surface area contributed by atoms with E-state index in [2.05, 4.69) is 18.4 Å². The van der Waals surface area contributed by atoms with E-state index < -0.39 is 0 Å². The molecule has 1 heterocycles. The number of nitrogens with zero attached hydrogens (tertiary/aromatic N) is 1. The van der Waals surface area contributed by atoms with Gasteiger partial charge in [-0.25, -0.2) is 0 Å². The second-order valence-corrected chi connectivity index (χ2v) is 3.45. The van der Waals surface area contributed by atoms with Gasteiger partial charge >= 0.3 is 0 Å². The smallest absolute Gasteiger partial charge is 0.146 e. The number of rotatable bonds is 2. The number of carbonyl (C=O) groups is 1. The van der Waals surface area contributed by atoms with Crippen molar-refractivity contribution < 1.29 is 4.79 Å². The SMILES string of the molecule is C=CCC.CC.CC.CC.CC(=O)C1CCCN1C. The third-order valence-electron chi connectivity index (χ3n) is 2.28. The lowest BCUT2D eigenvalue weighted by Gasteiger charge is -2.14. The molecule has 0 N–H and O–H groups in total. The zero-order chi connectivity index (χ0) is 16.3. The van der Waals surface area contributed by atoms with Crippen LogP contribution in [0.1, 0.15) is 74.7 Å². The molecular formula is C17H39NO. The van der Waals surface area contributed by atoms with E-state index in [0.29, 0.717) is 5.78 Å². The van der Waals surface area contributed by atoms with Crippen LogP contribution in [0.4, 0.5) is 0 Å². The molecule has 0 spiro atoms. The molecule has 1 fully saturated rings. The maximum atomic E-state index is 10.8. The van der Waals surface area contributed by atoms with Crippen molar-refractivity contribution in [1.82, 2.24) is 4.90 Å². The fraction of sp³-hybridized carbons (Fsp3) is 0.824. The Bertz CT molecular complexity index is 167. The predicted molar refractivity (Wildman–Crippen MR) is 90.9 cm³/mol. The Morgan fingerprint density at radius 2 is 1.58 bits per heavy atom. The first-order chi connectivity index (χ1) is 9.13. The van der Waals surface area contributed by atoms with Crippen LogP contribution in [0.5, 0.6) is 0 Å². The van der Waals surface area contributed by atoms with E-state index >= 15 is 0 Å². The van der Waals surface area contributed by atoms with Crippen LogP contribution < -0.4 is 0 Å². The first kappa shape index (κ1) is 26.8. The van der Waals surface area contributed by atoms with Gasteiger partial charge in [-0.15, -0.1) is 6.58 Å². The van der Waals surface area contributed by atoms with Crippen molar-refractivity contribution in [1.29, 1.82) is 0 Å². The van der Waals surface area contributed by atoms with E-state index in [0.717, 1.165) is 19.4 Å². The number of ketones is 1. The van der Waals surface area contributed by atoms with Crippen molar-refractivity contribution in [3.05, 3.63) is 12.7 Å². The highest BCUT2D eigenvalue weighted by molar-refractivity contribution is 5.81. The molecule has 0 amide bonds. The van der Waals surface area contributed by atoms with Crippen LogP contribution in [-0.4, -0.2) is 30.3 Å². The quantitative estimate of drug-likeness (QED) is 0.634. The highest BCUT2D eigenvalue weighted by Crippen LogP contribution is 2.14. The van der Waals surface area contributed by atoms with Crippen molar-refractivity contribution in [2.45, 2.75) is 80.7 Å². The summed E-state index contributed by atoms with van der Waals surface area (Å²) in [5.41, 5.74) is 0. The first-order valence-electron chi connectivity index (χ1n) is 7.95. The van der Waals surface area contributed by atoms with Crippen molar-refractivity contribution in [3.8, 4) is 0 Å². The molecule has 2 heteroatoms. The van der Waals surface area contributed by atoms with E-state index in [1.165, 1.54) is 6.42 Å². The fourth-order valence-corrected chi connectivity index (χ4v) is 1.42. The summed E-state index contributed by atoms with van der Waals surface area (Å²) >= 11 is 0. The van der Waals surface area contributed by atoms with E-state index in [4.69, 9.17) is 0 Å². The average Bonchev–Trinajstić information content (AvgIpc) is 2.92. The molecule has 0 aromatic carbocycles. The molecule has 0 saturated carbocycles. The molecule has 0 aliphatic carbocycles. The normalized spacial score (nSPS) is 15.9. The maximum absolute atomic E-state index is 10.8. The number of Topliss-reactive ketones (excluding diaryl/α,β-unsaturated/α-hetero) is 1. The van der Waals surface area contributed by atoms with E-state index in [9.17, 15) is 4.79 Å². The van der Waals surface area contributed by atoms with Crippen LogP contribution in [0.15, 0.2) is 12.7 Å². The molecule has 118 valence electrons. The van der Waals surface area contributed by atoms with Gasteiger partial charge in [0.2, 0.25) is 0 Å². The largest absolute Gasteiger partial charge is 0.298 e. The van der Waals surface area contributed by atoms with Gasteiger partial charge in [-0.1, -0.05) is 54.5 Å². The lowest BCUT2D eigenvalue weighted by Crippen LogP contribution is -2.30. The van der Waals surface area contributed by atoms with Gasteiger partial charge in [0.05, 0.1) is 6.04 Å². The maximum Gasteiger partial charge on any atom is 0.146 e. The van der Waals surface area contributed by atoms with Gasteiger partial charge in [0.25, 0.3) is 0 Å². The number of likely N-dealkylation sites (N-methyl/N-ethyl adjacent to an activating group) is 1. The zero-order valence-electron chi connectivity index (χ0n) is 15.0. The second-order valence-electron chi connectivity index (χ2n) is 3.45. The van der Waals surface area contributed by atoms with Crippen molar-refractivity contribution in [2.24, 2.45) is 0 Å². The van der Waals surface area contributed by atoms with Crippen molar-refractivity contribution in [2.75, 3.05) is 13.6 Å². The Hall–Kier alpha value is -0.630. The molecule has 19 heavy (non-hydrogen) atoms. The van der Waals surface area contributed by atoms with Crippen molar-refractivity contribution in [3.63, 3.8) is 0 Å². The number of likely N-dealkylation sites (tertiary alicyclic amines) is 1. The molecule has 2 nitrogen and oxygen atoms in total. The van der Waals surface area contributed by atoms with Gasteiger partial charge in [-0.05, 0) is 39.8 Å². The summed E-state index contributed by atoms with van der Waals surface area (Å²) in [5.74, 6) is 0.315. The summed E-state index contributed by atoms with van der Waals surface area (Å²) in [6, 6.07) is 0.227. The minimum atomic E-state index is 0.227. The summed E-state index contributed by atoms with van der Waals surface area (Å²) < 4.78 is 0. The summed E-state index contributed by atoms with van der Waals surface area (Å²) in [5, 5.41) is 0. The van der Waals surface area contributed by atoms with Crippen LogP contribution in [0, 0.1) is 0 Å². The number of hydrogen-bond donors (Lipinski definition) is 0. The zero-order valence-corrected chi connectivity index (χ0v) is 15.0. The first-order valence-corrected chi connectivity index (χ1v) is 7.95. The van der Waals surface area contributed by atoms with E-state index in [-0.39, 0.29) is 6.04 Å². The van der Waals surface area contributed by atoms with Crippen molar-refractivity contribution >= 4 is 5.78 Å². The Balaban J connectivity index is -0.0000000957. The number of hydrogen-bond acceptors (Lipinski definition) is 2. The van der Waals surface area contributed by atoms with Gasteiger partial charge < -0.3 is 0 Å². The monoisotopic (exact) mass is 273 g/mol. The lowest BCUT2D eigenvalue weighted by atomic mass is 10.1. The summed E-state index contributed by atoms with van der Waals surface area (Å²) in [6.45, 7) is 20.3. The van der Waals surface area contributed by atoms with Crippen LogP contribution in [0.3, 0.4) is 0 Å². The molecular weight excluding hydrogens is 234 g/mol. The fourth-order valence-electron chi connectivity index (χ4n) is 1.42. The van der Waals surface area contributed by atoms with Crippen LogP contribution in [-0.2, 0) is 4.79 Å². The third kappa shape index (κ3) is 19.9. The number of carbonyl (C=O) groups excluding carboxylic acids is 1. The molecule has 1 aliphatic heterocycles. The van der Waals surface area contributed by atoms with E-state index in [1.807, 2.05) is 54.7 Å². The highest BCUT2D eigenvalue weighted by Gasteiger charge is 2.23. The lowest BCUT2D eigenvalue weighted by molar-refractivity contribution is -0.120. The van der Waals surface area contributed by atoms with Gasteiger partial charge in [0.15, 0.2) is 0 Å². The highest BCUT2D eigenvalue weighted by atomic mass is 16.1. The molecule has 1 aliphatic rings. The van der Waals surface area contributed by atoms with Gasteiger partial charge in [-0.2, -0.15) is 0 Å². The molecule has 0 bridgehead atoms.